The van der Waals surface area contributed by atoms with Gasteiger partial charge in [0.25, 0.3) is 0 Å². The Morgan fingerprint density at radius 1 is 1.18 bits per heavy atom. The molecule has 0 radical (unpaired) electrons. The molecule has 0 saturated carbocycles. The first-order chi connectivity index (χ1) is 8.20. The number of hydrogen-bond acceptors (Lipinski definition) is 2. The average molecular weight is 231 g/mol. The molecule has 2 aromatic rings. The first-order valence-electron chi connectivity index (χ1n) is 6.36. The van der Waals surface area contributed by atoms with Crippen molar-refractivity contribution in [3.8, 4) is 0 Å². The number of aromatic amines is 1. The Kier molecular flexibility index (Phi) is 3.79. The predicted molar refractivity (Wildman–Crippen MR) is 72.2 cm³/mol. The lowest BCUT2D eigenvalue weighted by molar-refractivity contribution is 0.674. The molecule has 0 saturated heterocycles. The van der Waals surface area contributed by atoms with Crippen molar-refractivity contribution in [3.05, 3.63) is 29.1 Å². The van der Waals surface area contributed by atoms with E-state index in [9.17, 15) is 0 Å². The van der Waals surface area contributed by atoms with Gasteiger partial charge in [-0.1, -0.05) is 12.5 Å². The van der Waals surface area contributed by atoms with E-state index in [1.165, 1.54) is 17.5 Å². The van der Waals surface area contributed by atoms with Crippen LogP contribution in [0.25, 0.3) is 11.0 Å². The minimum Gasteiger partial charge on any atom is -0.342 e. The van der Waals surface area contributed by atoms with E-state index >= 15 is 0 Å². The molecule has 0 unspecified atom stereocenters. The number of hydrogen-bond donors (Lipinski definition) is 2. The molecule has 0 amide bonds. The Balaban J connectivity index is 2.12. The molecule has 1 aromatic carbocycles. The van der Waals surface area contributed by atoms with Crippen LogP contribution in [-0.2, 0) is 6.42 Å². The van der Waals surface area contributed by atoms with Gasteiger partial charge in [0.05, 0.1) is 11.0 Å². The van der Waals surface area contributed by atoms with Gasteiger partial charge in [-0.15, -0.1) is 0 Å². The van der Waals surface area contributed by atoms with E-state index in [1.54, 1.807) is 0 Å². The summed E-state index contributed by atoms with van der Waals surface area (Å²) in [5, 5.41) is 0. The number of benzene rings is 1. The molecule has 0 aliphatic rings. The summed E-state index contributed by atoms with van der Waals surface area (Å²) in [6, 6.07) is 4.35. The number of nitrogens with one attached hydrogen (secondary N) is 1. The number of nitrogens with two attached hydrogens (primary N) is 1. The molecule has 0 spiro atoms. The highest BCUT2D eigenvalue weighted by Crippen LogP contribution is 2.19. The first kappa shape index (κ1) is 12.1. The van der Waals surface area contributed by atoms with Crippen molar-refractivity contribution in [2.24, 2.45) is 5.73 Å². The summed E-state index contributed by atoms with van der Waals surface area (Å²) in [6.07, 6.45) is 4.48. The Morgan fingerprint density at radius 3 is 2.76 bits per heavy atom. The molecule has 0 fully saturated rings. The van der Waals surface area contributed by atoms with Crippen LogP contribution in [-0.4, -0.2) is 16.5 Å². The maximum absolute atomic E-state index is 5.48. The summed E-state index contributed by atoms with van der Waals surface area (Å²) in [6.45, 7) is 5.03. The summed E-state index contributed by atoms with van der Waals surface area (Å²) in [4.78, 5) is 8.08. The average Bonchev–Trinajstić information content (AvgIpc) is 2.67. The Bertz CT molecular complexity index is 499. The zero-order valence-corrected chi connectivity index (χ0v) is 10.7. The molecule has 0 bridgehead atoms. The summed E-state index contributed by atoms with van der Waals surface area (Å²) in [5.74, 6) is 1.10. The molecule has 2 rings (SSSR count). The van der Waals surface area contributed by atoms with Gasteiger partial charge in [0, 0.05) is 6.42 Å². The van der Waals surface area contributed by atoms with Crippen molar-refractivity contribution in [2.45, 2.75) is 39.5 Å². The number of aromatic nitrogens is 2. The van der Waals surface area contributed by atoms with Crippen molar-refractivity contribution in [1.29, 1.82) is 0 Å². The summed E-state index contributed by atoms with van der Waals surface area (Å²) in [5.41, 5.74) is 10.3. The summed E-state index contributed by atoms with van der Waals surface area (Å²) in [7, 11) is 0. The van der Waals surface area contributed by atoms with Crippen molar-refractivity contribution in [3.63, 3.8) is 0 Å². The molecule has 1 heterocycles. The SMILES string of the molecule is Cc1cc(C)c2nc(CCCCCN)[nH]c2c1. The lowest BCUT2D eigenvalue weighted by Gasteiger charge is -1.96. The van der Waals surface area contributed by atoms with Crippen LogP contribution in [0.5, 0.6) is 0 Å². The number of aryl methyl sites for hydroxylation is 3. The number of rotatable bonds is 5. The van der Waals surface area contributed by atoms with E-state index in [2.05, 4.69) is 35.9 Å². The van der Waals surface area contributed by atoms with Crippen LogP contribution in [0.1, 0.15) is 36.2 Å². The maximum atomic E-state index is 5.48. The van der Waals surface area contributed by atoms with Gasteiger partial charge in [-0.05, 0) is 50.4 Å². The second-order valence-corrected chi connectivity index (χ2v) is 4.76. The largest absolute Gasteiger partial charge is 0.342 e. The third-order valence-corrected chi connectivity index (χ3v) is 3.09. The fourth-order valence-corrected chi connectivity index (χ4v) is 2.25. The predicted octanol–water partition coefficient (Wildman–Crippen LogP) is 2.85. The lowest BCUT2D eigenvalue weighted by atomic mass is 10.1. The van der Waals surface area contributed by atoms with Crippen molar-refractivity contribution in [2.75, 3.05) is 6.54 Å². The first-order valence-corrected chi connectivity index (χ1v) is 6.36. The van der Waals surface area contributed by atoms with Gasteiger partial charge >= 0.3 is 0 Å². The molecule has 3 N–H and O–H groups in total. The monoisotopic (exact) mass is 231 g/mol. The maximum Gasteiger partial charge on any atom is 0.107 e. The lowest BCUT2D eigenvalue weighted by Crippen LogP contribution is -1.98. The molecular formula is C14H21N3. The van der Waals surface area contributed by atoms with E-state index < -0.39 is 0 Å². The van der Waals surface area contributed by atoms with E-state index in [0.717, 1.165) is 42.7 Å². The number of H-pyrrole nitrogens is 1. The fraction of sp³-hybridized carbons (Fsp3) is 0.500. The third kappa shape index (κ3) is 2.86. The van der Waals surface area contributed by atoms with Crippen LogP contribution in [0.3, 0.4) is 0 Å². The highest BCUT2D eigenvalue weighted by molar-refractivity contribution is 5.79. The third-order valence-electron chi connectivity index (χ3n) is 3.09. The van der Waals surface area contributed by atoms with Gasteiger partial charge < -0.3 is 10.7 Å². The standard InChI is InChI=1S/C14H21N3/c1-10-8-11(2)14-12(9-10)16-13(17-14)6-4-3-5-7-15/h8-9H,3-7,15H2,1-2H3,(H,16,17). The van der Waals surface area contributed by atoms with Gasteiger partial charge in [-0.25, -0.2) is 4.98 Å². The van der Waals surface area contributed by atoms with E-state index in [1.807, 2.05) is 0 Å². The Labute approximate surface area is 102 Å². The van der Waals surface area contributed by atoms with Crippen LogP contribution >= 0.6 is 0 Å². The molecule has 0 aliphatic heterocycles. The molecule has 3 heteroatoms. The fourth-order valence-electron chi connectivity index (χ4n) is 2.25. The second kappa shape index (κ2) is 5.32. The molecular weight excluding hydrogens is 210 g/mol. The molecule has 0 aliphatic carbocycles. The number of nitrogens with zero attached hydrogens (tertiary/aromatic N) is 1. The second-order valence-electron chi connectivity index (χ2n) is 4.76. The molecule has 1 aromatic heterocycles. The summed E-state index contributed by atoms with van der Waals surface area (Å²) >= 11 is 0. The topological polar surface area (TPSA) is 54.7 Å². The quantitative estimate of drug-likeness (QED) is 0.777. The molecule has 0 atom stereocenters. The summed E-state index contributed by atoms with van der Waals surface area (Å²) < 4.78 is 0. The van der Waals surface area contributed by atoms with Crippen LogP contribution in [0, 0.1) is 13.8 Å². The van der Waals surface area contributed by atoms with Gasteiger partial charge in [0.1, 0.15) is 5.82 Å². The normalized spacial score (nSPS) is 11.2. The molecule has 17 heavy (non-hydrogen) atoms. The van der Waals surface area contributed by atoms with Crippen LogP contribution in [0.4, 0.5) is 0 Å². The van der Waals surface area contributed by atoms with Crippen LogP contribution in [0.2, 0.25) is 0 Å². The number of fused-ring (bicyclic) bond motifs is 1. The number of unbranched alkanes of at least 4 members (excludes halogenated alkanes) is 2. The van der Waals surface area contributed by atoms with E-state index in [4.69, 9.17) is 5.73 Å². The van der Waals surface area contributed by atoms with Gasteiger partial charge in [0.2, 0.25) is 0 Å². The van der Waals surface area contributed by atoms with Crippen molar-refractivity contribution >= 4 is 11.0 Å². The van der Waals surface area contributed by atoms with Crippen LogP contribution in [0.15, 0.2) is 12.1 Å². The molecule has 3 nitrogen and oxygen atoms in total. The van der Waals surface area contributed by atoms with Crippen molar-refractivity contribution in [1.82, 2.24) is 9.97 Å². The minimum absolute atomic E-state index is 0.790. The highest BCUT2D eigenvalue weighted by Gasteiger charge is 2.05. The van der Waals surface area contributed by atoms with Crippen molar-refractivity contribution < 1.29 is 0 Å². The smallest absolute Gasteiger partial charge is 0.107 e. The minimum atomic E-state index is 0.790. The number of imidazole rings is 1. The van der Waals surface area contributed by atoms with Gasteiger partial charge in [0.15, 0.2) is 0 Å². The van der Waals surface area contributed by atoms with Gasteiger partial charge in [-0.2, -0.15) is 0 Å². The van der Waals surface area contributed by atoms with Gasteiger partial charge in [-0.3, -0.25) is 0 Å². The molecule has 92 valence electrons. The highest BCUT2D eigenvalue weighted by atomic mass is 14.9. The van der Waals surface area contributed by atoms with E-state index in [-0.39, 0.29) is 0 Å². The zero-order chi connectivity index (χ0) is 12.3. The van der Waals surface area contributed by atoms with Crippen LogP contribution < -0.4 is 5.73 Å². The zero-order valence-electron chi connectivity index (χ0n) is 10.7. The Morgan fingerprint density at radius 2 is 2.00 bits per heavy atom. The Hall–Kier alpha value is -1.35. The van der Waals surface area contributed by atoms with E-state index in [0.29, 0.717) is 0 Å².